The van der Waals surface area contributed by atoms with Gasteiger partial charge >= 0.3 is 5.97 Å². The monoisotopic (exact) mass is 355 g/mol. The van der Waals surface area contributed by atoms with Crippen LogP contribution in [0, 0.1) is 0 Å². The number of hydrogen-bond donors (Lipinski definition) is 1. The highest BCUT2D eigenvalue weighted by atomic mass is 32.2. The summed E-state index contributed by atoms with van der Waals surface area (Å²) in [6.07, 6.45) is 0. The number of benzene rings is 2. The normalized spacial score (nSPS) is 17.6. The molecule has 2 atom stereocenters. The number of amides is 1. The quantitative estimate of drug-likeness (QED) is 0.892. The lowest BCUT2D eigenvalue weighted by molar-refractivity contribution is -0.141. The van der Waals surface area contributed by atoms with Gasteiger partial charge in [0.2, 0.25) is 5.91 Å². The first-order valence-corrected chi connectivity index (χ1v) is 9.36. The predicted octanol–water partition coefficient (Wildman–Crippen LogP) is 3.52. The maximum absolute atomic E-state index is 12.8. The Labute approximate surface area is 151 Å². The molecule has 130 valence electrons. The first-order chi connectivity index (χ1) is 12.1. The van der Waals surface area contributed by atoms with E-state index in [1.165, 1.54) is 5.56 Å². The summed E-state index contributed by atoms with van der Waals surface area (Å²) in [6.45, 7) is 2.61. The van der Waals surface area contributed by atoms with Gasteiger partial charge in [-0.05, 0) is 23.6 Å². The third kappa shape index (κ3) is 4.04. The lowest BCUT2D eigenvalue weighted by Crippen LogP contribution is -2.43. The molecule has 25 heavy (non-hydrogen) atoms. The Bertz CT molecular complexity index is 763. The number of carbonyl (C=O) groups excluding carboxylic acids is 1. The van der Waals surface area contributed by atoms with E-state index in [4.69, 9.17) is 0 Å². The number of carboxylic acids is 1. The number of carboxylic acid groups (broad SMARTS) is 1. The summed E-state index contributed by atoms with van der Waals surface area (Å²) < 4.78 is 0. The molecule has 0 spiro atoms. The minimum Gasteiger partial charge on any atom is -0.481 e. The summed E-state index contributed by atoms with van der Waals surface area (Å²) >= 11 is 1.58. The molecule has 5 heteroatoms. The van der Waals surface area contributed by atoms with E-state index in [9.17, 15) is 14.7 Å². The van der Waals surface area contributed by atoms with E-state index in [1.54, 1.807) is 16.7 Å². The highest BCUT2D eigenvalue weighted by Crippen LogP contribution is 2.30. The molecular formula is C20H21NO3S. The van der Waals surface area contributed by atoms with Crippen LogP contribution >= 0.6 is 11.8 Å². The van der Waals surface area contributed by atoms with Gasteiger partial charge in [0.25, 0.3) is 0 Å². The Morgan fingerprint density at radius 1 is 1.16 bits per heavy atom. The summed E-state index contributed by atoms with van der Waals surface area (Å²) in [6, 6.07) is 17.5. The first kappa shape index (κ1) is 17.5. The average Bonchev–Trinajstić information content (AvgIpc) is 2.65. The molecule has 1 amide bonds. The number of carbonyl (C=O) groups is 2. The van der Waals surface area contributed by atoms with Gasteiger partial charge < -0.3 is 10.0 Å². The highest BCUT2D eigenvalue weighted by molar-refractivity contribution is 7.99. The van der Waals surface area contributed by atoms with Crippen LogP contribution in [0.5, 0.6) is 0 Å². The van der Waals surface area contributed by atoms with Crippen LogP contribution < -0.4 is 0 Å². The predicted molar refractivity (Wildman–Crippen MR) is 99.4 cm³/mol. The van der Waals surface area contributed by atoms with Crippen molar-refractivity contribution in [2.24, 2.45) is 0 Å². The van der Waals surface area contributed by atoms with Crippen molar-refractivity contribution < 1.29 is 14.7 Å². The van der Waals surface area contributed by atoms with Gasteiger partial charge in [0, 0.05) is 18.8 Å². The summed E-state index contributed by atoms with van der Waals surface area (Å²) in [4.78, 5) is 26.1. The lowest BCUT2D eigenvalue weighted by Gasteiger charge is -2.34. The first-order valence-electron chi connectivity index (χ1n) is 8.31. The number of rotatable bonds is 5. The van der Waals surface area contributed by atoms with Crippen molar-refractivity contribution in [1.82, 2.24) is 4.90 Å². The highest BCUT2D eigenvalue weighted by Gasteiger charge is 2.33. The second-order valence-electron chi connectivity index (χ2n) is 6.25. The van der Waals surface area contributed by atoms with Gasteiger partial charge in [-0.3, -0.25) is 9.59 Å². The van der Waals surface area contributed by atoms with E-state index in [0.717, 1.165) is 16.9 Å². The SMILES string of the molecule is CC(SCc1ccccc1)C(=O)N1Cc2ccccc2C(C(=O)O)C1. The van der Waals surface area contributed by atoms with Crippen molar-refractivity contribution in [2.45, 2.75) is 30.4 Å². The van der Waals surface area contributed by atoms with Crippen LogP contribution in [0.2, 0.25) is 0 Å². The third-order valence-electron chi connectivity index (χ3n) is 4.50. The molecule has 2 aromatic carbocycles. The maximum atomic E-state index is 12.8. The molecule has 1 aliphatic heterocycles. The summed E-state index contributed by atoms with van der Waals surface area (Å²) in [5, 5.41) is 9.32. The minimum absolute atomic E-state index is 0.00156. The molecule has 0 saturated carbocycles. The molecule has 1 N–H and O–H groups in total. The zero-order chi connectivity index (χ0) is 17.8. The van der Waals surface area contributed by atoms with E-state index in [0.29, 0.717) is 6.54 Å². The standard InChI is InChI=1S/C20H21NO3S/c1-14(25-13-15-7-3-2-4-8-15)19(22)21-11-16-9-5-6-10-17(16)18(12-21)20(23)24/h2-10,14,18H,11-13H2,1H3,(H,23,24). The fourth-order valence-electron chi connectivity index (χ4n) is 3.11. The molecule has 3 rings (SSSR count). The smallest absolute Gasteiger partial charge is 0.312 e. The molecule has 1 heterocycles. The van der Waals surface area contributed by atoms with Gasteiger partial charge in [-0.2, -0.15) is 0 Å². The topological polar surface area (TPSA) is 57.6 Å². The summed E-state index contributed by atoms with van der Waals surface area (Å²) in [5.41, 5.74) is 2.93. The van der Waals surface area contributed by atoms with Gasteiger partial charge in [-0.1, -0.05) is 54.6 Å². The Kier molecular flexibility index (Phi) is 5.43. The number of fused-ring (bicyclic) bond motifs is 1. The van der Waals surface area contributed by atoms with Crippen molar-refractivity contribution in [3.05, 3.63) is 71.3 Å². The maximum Gasteiger partial charge on any atom is 0.312 e. The molecule has 2 aromatic rings. The number of hydrogen-bond acceptors (Lipinski definition) is 3. The van der Waals surface area contributed by atoms with Crippen molar-refractivity contribution in [2.75, 3.05) is 6.54 Å². The molecule has 0 bridgehead atoms. The molecule has 0 saturated heterocycles. The Morgan fingerprint density at radius 3 is 2.56 bits per heavy atom. The largest absolute Gasteiger partial charge is 0.481 e. The fraction of sp³-hybridized carbons (Fsp3) is 0.300. The van der Waals surface area contributed by atoms with Crippen molar-refractivity contribution in [1.29, 1.82) is 0 Å². The second kappa shape index (κ2) is 7.74. The van der Waals surface area contributed by atoms with Crippen LogP contribution in [-0.4, -0.2) is 33.7 Å². The van der Waals surface area contributed by atoms with Crippen molar-refractivity contribution in [3.8, 4) is 0 Å². The molecule has 0 fully saturated rings. The van der Waals surface area contributed by atoms with E-state index in [1.807, 2.05) is 61.5 Å². The Balaban J connectivity index is 1.69. The lowest BCUT2D eigenvalue weighted by atomic mass is 9.89. The van der Waals surface area contributed by atoms with E-state index in [-0.39, 0.29) is 17.7 Å². The fourth-order valence-corrected chi connectivity index (χ4v) is 4.04. The molecule has 1 aliphatic rings. The minimum atomic E-state index is -0.880. The van der Waals surface area contributed by atoms with Crippen LogP contribution in [0.1, 0.15) is 29.5 Å². The van der Waals surface area contributed by atoms with Gasteiger partial charge in [0.1, 0.15) is 0 Å². The van der Waals surface area contributed by atoms with Crippen LogP contribution in [-0.2, 0) is 21.9 Å². The summed E-state index contributed by atoms with van der Waals surface area (Å²) in [5.74, 6) is -0.767. The molecule has 0 aromatic heterocycles. The summed E-state index contributed by atoms with van der Waals surface area (Å²) in [7, 11) is 0. The van der Waals surface area contributed by atoms with Crippen LogP contribution in [0.25, 0.3) is 0 Å². The zero-order valence-corrected chi connectivity index (χ0v) is 14.9. The van der Waals surface area contributed by atoms with Gasteiger partial charge in [-0.15, -0.1) is 11.8 Å². The second-order valence-corrected chi connectivity index (χ2v) is 7.58. The van der Waals surface area contributed by atoms with E-state index < -0.39 is 11.9 Å². The number of nitrogens with zero attached hydrogens (tertiary/aromatic N) is 1. The Hall–Kier alpha value is -2.27. The number of thioether (sulfide) groups is 1. The van der Waals surface area contributed by atoms with Crippen molar-refractivity contribution in [3.63, 3.8) is 0 Å². The zero-order valence-electron chi connectivity index (χ0n) is 14.1. The van der Waals surface area contributed by atoms with Gasteiger partial charge in [0.05, 0.1) is 11.2 Å². The molecule has 0 radical (unpaired) electrons. The molecule has 0 aliphatic carbocycles. The molecular weight excluding hydrogens is 334 g/mol. The third-order valence-corrected chi connectivity index (χ3v) is 5.70. The van der Waals surface area contributed by atoms with E-state index in [2.05, 4.69) is 0 Å². The molecule has 4 nitrogen and oxygen atoms in total. The average molecular weight is 355 g/mol. The Morgan fingerprint density at radius 2 is 1.84 bits per heavy atom. The van der Waals surface area contributed by atoms with Crippen LogP contribution in [0.3, 0.4) is 0 Å². The van der Waals surface area contributed by atoms with Gasteiger partial charge in [-0.25, -0.2) is 0 Å². The van der Waals surface area contributed by atoms with Crippen LogP contribution in [0.15, 0.2) is 54.6 Å². The van der Waals surface area contributed by atoms with Crippen molar-refractivity contribution >= 4 is 23.6 Å². The van der Waals surface area contributed by atoms with Crippen LogP contribution in [0.4, 0.5) is 0 Å². The molecule has 2 unspecified atom stereocenters. The van der Waals surface area contributed by atoms with E-state index >= 15 is 0 Å². The number of aliphatic carboxylic acids is 1. The van der Waals surface area contributed by atoms with Gasteiger partial charge in [0.15, 0.2) is 0 Å².